The van der Waals surface area contributed by atoms with Crippen molar-refractivity contribution in [3.05, 3.63) is 0 Å². The second-order valence-corrected chi connectivity index (χ2v) is 5.48. The van der Waals surface area contributed by atoms with E-state index in [1.54, 1.807) is 7.11 Å². The molecule has 0 radical (unpaired) electrons. The molecule has 1 atom stereocenters. The van der Waals surface area contributed by atoms with Crippen LogP contribution in [-0.2, 0) is 18.6 Å². The van der Waals surface area contributed by atoms with Crippen molar-refractivity contribution in [1.29, 1.82) is 0 Å². The van der Waals surface area contributed by atoms with Crippen LogP contribution < -0.4 is 0 Å². The van der Waals surface area contributed by atoms with Crippen molar-refractivity contribution >= 4 is 21.9 Å². The van der Waals surface area contributed by atoms with E-state index in [4.69, 9.17) is 4.74 Å². The summed E-state index contributed by atoms with van der Waals surface area (Å²) in [4.78, 5) is 0. The van der Waals surface area contributed by atoms with E-state index >= 15 is 0 Å². The summed E-state index contributed by atoms with van der Waals surface area (Å²) in [5, 5.41) is 0. The van der Waals surface area contributed by atoms with Gasteiger partial charge in [-0.15, -0.1) is 4.20 Å². The Balaban J connectivity index is 3.06. The van der Waals surface area contributed by atoms with Crippen LogP contribution in [-0.4, -0.2) is 33.5 Å². The van der Waals surface area contributed by atoms with Crippen molar-refractivity contribution in [2.24, 2.45) is 0 Å². The highest BCUT2D eigenvalue weighted by Gasteiger charge is 2.14. The molecule has 0 saturated carbocycles. The fourth-order valence-corrected chi connectivity index (χ4v) is 1.17. The Morgan fingerprint density at radius 3 is 2.42 bits per heavy atom. The summed E-state index contributed by atoms with van der Waals surface area (Å²) < 4.78 is 36.2. The molecule has 0 aromatic heterocycles. The van der Waals surface area contributed by atoms with Gasteiger partial charge in [-0.05, 0) is 0 Å². The van der Waals surface area contributed by atoms with Crippen LogP contribution in [0.2, 0.25) is 0 Å². The minimum atomic E-state index is -4.02. The van der Waals surface area contributed by atoms with Gasteiger partial charge >= 0.3 is 6.38 Å². The second kappa shape index (κ2) is 6.97. The average Bonchev–Trinajstić information content (AvgIpc) is 1.94. The maximum atomic E-state index is 12.1. The Hall–Kier alpha value is 0.520. The van der Waals surface area contributed by atoms with Crippen LogP contribution in [0.4, 0.5) is 4.20 Å². The van der Waals surface area contributed by atoms with Gasteiger partial charge < -0.3 is 9.47 Å². The number of methoxy groups -OCH3 is 1. The normalized spacial score (nSPS) is 15.9. The van der Waals surface area contributed by atoms with E-state index < -0.39 is 6.38 Å². The van der Waals surface area contributed by atoms with Gasteiger partial charge in [0.05, 0.1) is 41.9 Å². The zero-order valence-electron chi connectivity index (χ0n) is 6.66. The number of rotatable bonds is 7. The predicted octanol–water partition coefficient (Wildman–Crippen LogP) is 2.14. The number of hydrogen-bond donors (Lipinski definition) is 0. The van der Waals surface area contributed by atoms with Gasteiger partial charge in [0.1, 0.15) is 0 Å². The van der Waals surface area contributed by atoms with Crippen LogP contribution >= 0.6 is 21.9 Å². The summed E-state index contributed by atoms with van der Waals surface area (Å²) in [6, 6.07) is 0. The monoisotopic (exact) mass is 264 g/mol. The van der Waals surface area contributed by atoms with Gasteiger partial charge in [-0.25, -0.2) is 4.57 Å². The smallest absolute Gasteiger partial charge is 0.382 e. The summed E-state index contributed by atoms with van der Waals surface area (Å²) in [5.41, 5.74) is 0. The van der Waals surface area contributed by atoms with Crippen molar-refractivity contribution < 1.29 is 22.8 Å². The molecule has 0 aliphatic carbocycles. The number of halogens is 2. The third-order valence-corrected chi connectivity index (χ3v) is 2.00. The third-order valence-electron chi connectivity index (χ3n) is 0.901. The molecule has 0 saturated heterocycles. The van der Waals surface area contributed by atoms with Crippen molar-refractivity contribution in [1.82, 2.24) is 0 Å². The first-order chi connectivity index (χ1) is 5.56. The lowest BCUT2D eigenvalue weighted by atomic mass is 10.7. The molecule has 0 bridgehead atoms. The third kappa shape index (κ3) is 10.5. The van der Waals surface area contributed by atoms with Crippen LogP contribution in [0.3, 0.4) is 0 Å². The quantitative estimate of drug-likeness (QED) is 0.522. The van der Waals surface area contributed by atoms with Gasteiger partial charge in [0.2, 0.25) is 0 Å². The van der Waals surface area contributed by atoms with E-state index in [1.807, 2.05) is 0 Å². The molecule has 0 N–H and O–H groups in total. The van der Waals surface area contributed by atoms with Crippen molar-refractivity contribution in [3.8, 4) is 0 Å². The van der Waals surface area contributed by atoms with E-state index in [2.05, 4.69) is 24.7 Å². The molecule has 0 fully saturated rings. The molecular weight excluding hydrogens is 254 g/mol. The largest absolute Gasteiger partial charge is 0.432 e. The van der Waals surface area contributed by atoms with Gasteiger partial charge in [0.15, 0.2) is 0 Å². The lowest BCUT2D eigenvalue weighted by Crippen LogP contribution is -2.06. The fourth-order valence-electron chi connectivity index (χ4n) is 0.447. The highest BCUT2D eigenvalue weighted by atomic mass is 79.9. The van der Waals surface area contributed by atoms with E-state index in [1.165, 1.54) is 0 Å². The SMILES string of the molecule is COCCOCCOP(=O)(F)Br. The minimum Gasteiger partial charge on any atom is -0.382 e. The maximum Gasteiger partial charge on any atom is 0.432 e. The Morgan fingerprint density at radius 1 is 1.33 bits per heavy atom. The molecule has 0 rings (SSSR count). The molecule has 0 spiro atoms. The Bertz CT molecular complexity index is 150. The summed E-state index contributed by atoms with van der Waals surface area (Å²) in [6.07, 6.45) is -4.02. The molecule has 0 aromatic carbocycles. The molecule has 0 heterocycles. The molecule has 0 aliphatic heterocycles. The molecule has 4 nitrogen and oxygen atoms in total. The molecule has 7 heteroatoms. The van der Waals surface area contributed by atoms with Crippen LogP contribution in [0.15, 0.2) is 0 Å². The van der Waals surface area contributed by atoms with Crippen molar-refractivity contribution in [3.63, 3.8) is 0 Å². The second-order valence-electron chi connectivity index (χ2n) is 1.85. The predicted molar refractivity (Wildman–Crippen MR) is 46.3 cm³/mol. The zero-order chi connectivity index (χ0) is 9.45. The first kappa shape index (κ1) is 12.5. The Kier molecular flexibility index (Phi) is 7.28. The maximum absolute atomic E-state index is 12.1. The molecular formula is C5H11BrFO4P. The van der Waals surface area contributed by atoms with Gasteiger partial charge in [-0.1, -0.05) is 0 Å². The van der Waals surface area contributed by atoms with Crippen LogP contribution in [0, 0.1) is 0 Å². The van der Waals surface area contributed by atoms with Gasteiger partial charge in [0.25, 0.3) is 0 Å². The van der Waals surface area contributed by atoms with E-state index in [0.717, 1.165) is 0 Å². The molecule has 0 amide bonds. The summed E-state index contributed by atoms with van der Waals surface area (Å²) in [6.45, 7) is 1.05. The molecule has 0 aliphatic rings. The summed E-state index contributed by atoms with van der Waals surface area (Å²) in [5.74, 6) is 0. The first-order valence-electron chi connectivity index (χ1n) is 3.27. The Labute approximate surface area is 78.7 Å². The van der Waals surface area contributed by atoms with E-state index in [-0.39, 0.29) is 13.2 Å². The van der Waals surface area contributed by atoms with Crippen molar-refractivity contribution in [2.45, 2.75) is 0 Å². The molecule has 0 aromatic rings. The standard InChI is InChI=1S/C5H11BrFO4P/c1-9-2-3-10-4-5-11-12(6,7)8/h2-5H2,1H3. The van der Waals surface area contributed by atoms with E-state index in [0.29, 0.717) is 13.2 Å². The van der Waals surface area contributed by atoms with Gasteiger partial charge in [0, 0.05) is 7.11 Å². The summed E-state index contributed by atoms with van der Waals surface area (Å²) in [7, 11) is 1.55. The molecule has 12 heavy (non-hydrogen) atoms. The highest BCUT2D eigenvalue weighted by molar-refractivity contribution is 9.39. The number of ether oxygens (including phenoxy) is 2. The highest BCUT2D eigenvalue weighted by Crippen LogP contribution is 2.56. The van der Waals surface area contributed by atoms with Crippen LogP contribution in [0.25, 0.3) is 0 Å². The lowest BCUT2D eigenvalue weighted by Gasteiger charge is -2.04. The van der Waals surface area contributed by atoms with E-state index in [9.17, 15) is 8.76 Å². The van der Waals surface area contributed by atoms with Crippen LogP contribution in [0.5, 0.6) is 0 Å². The van der Waals surface area contributed by atoms with Crippen LogP contribution in [0.1, 0.15) is 0 Å². The topological polar surface area (TPSA) is 44.8 Å². The lowest BCUT2D eigenvalue weighted by molar-refractivity contribution is 0.0545. The summed E-state index contributed by atoms with van der Waals surface area (Å²) >= 11 is 2.25. The Morgan fingerprint density at radius 2 is 1.92 bits per heavy atom. The average molecular weight is 265 g/mol. The number of hydrogen-bond acceptors (Lipinski definition) is 4. The fraction of sp³-hybridized carbons (Fsp3) is 1.00. The zero-order valence-corrected chi connectivity index (χ0v) is 9.14. The van der Waals surface area contributed by atoms with Crippen molar-refractivity contribution in [2.75, 3.05) is 33.5 Å². The minimum absolute atomic E-state index is 0.0389. The first-order valence-corrected chi connectivity index (χ1v) is 6.80. The van der Waals surface area contributed by atoms with Gasteiger partial charge in [-0.2, -0.15) is 0 Å². The molecule has 1 unspecified atom stereocenters. The molecule has 74 valence electrons. The van der Waals surface area contributed by atoms with Gasteiger partial charge in [-0.3, -0.25) is 4.52 Å².